The summed E-state index contributed by atoms with van der Waals surface area (Å²) in [6.45, 7) is 4.14. The van der Waals surface area contributed by atoms with Gasteiger partial charge in [-0.3, -0.25) is 4.79 Å². The van der Waals surface area contributed by atoms with Crippen LogP contribution in [0.15, 0.2) is 42.5 Å². The second-order valence-electron chi connectivity index (χ2n) is 5.45. The molecule has 1 aliphatic carbocycles. The lowest BCUT2D eigenvalue weighted by atomic mass is 9.91. The summed E-state index contributed by atoms with van der Waals surface area (Å²) < 4.78 is 0. The molecule has 2 aromatic carbocycles. The molecule has 1 heteroatoms. The Kier molecular flexibility index (Phi) is 2.98. The zero-order valence-corrected chi connectivity index (χ0v) is 11.4. The summed E-state index contributed by atoms with van der Waals surface area (Å²) in [7, 11) is 0. The van der Waals surface area contributed by atoms with E-state index in [2.05, 4.69) is 32.0 Å². The van der Waals surface area contributed by atoms with E-state index in [1.807, 2.05) is 24.3 Å². The summed E-state index contributed by atoms with van der Waals surface area (Å²) in [5.41, 5.74) is 5.85. The molecule has 1 atom stereocenters. The Bertz CT molecular complexity index is 640. The molecule has 1 unspecified atom stereocenters. The lowest BCUT2D eigenvalue weighted by molar-refractivity contribution is 0.0959. The van der Waals surface area contributed by atoms with Crippen molar-refractivity contribution in [2.75, 3.05) is 0 Å². The molecule has 0 saturated heterocycles. The molecule has 0 aliphatic heterocycles. The molecular weight excluding hydrogens is 232 g/mol. The van der Waals surface area contributed by atoms with Crippen molar-refractivity contribution in [3.8, 4) is 0 Å². The zero-order valence-electron chi connectivity index (χ0n) is 11.4. The lowest BCUT2D eigenvalue weighted by Gasteiger charge is -2.11. The highest BCUT2D eigenvalue weighted by Crippen LogP contribution is 2.35. The standard InChI is InChI=1S/C18H18O/c1-12-7-8-15(11-13(12)2)18(19)17-10-9-14-5-3-4-6-16(14)17/h3-8,11,17H,9-10H2,1-2H3. The second kappa shape index (κ2) is 4.65. The summed E-state index contributed by atoms with van der Waals surface area (Å²) in [6.07, 6.45) is 1.97. The number of rotatable bonds is 2. The molecular formula is C18H18O. The van der Waals surface area contributed by atoms with Crippen LogP contribution in [0.4, 0.5) is 0 Å². The van der Waals surface area contributed by atoms with Crippen LogP contribution in [0.25, 0.3) is 0 Å². The fraction of sp³-hybridized carbons (Fsp3) is 0.278. The van der Waals surface area contributed by atoms with E-state index in [-0.39, 0.29) is 11.7 Å². The van der Waals surface area contributed by atoms with E-state index >= 15 is 0 Å². The predicted octanol–water partition coefficient (Wildman–Crippen LogP) is 4.22. The van der Waals surface area contributed by atoms with Gasteiger partial charge >= 0.3 is 0 Å². The van der Waals surface area contributed by atoms with Gasteiger partial charge in [-0.2, -0.15) is 0 Å². The molecule has 19 heavy (non-hydrogen) atoms. The van der Waals surface area contributed by atoms with Crippen molar-refractivity contribution in [1.29, 1.82) is 0 Å². The highest BCUT2D eigenvalue weighted by molar-refractivity contribution is 6.01. The van der Waals surface area contributed by atoms with Crippen molar-refractivity contribution in [3.63, 3.8) is 0 Å². The molecule has 1 aliphatic rings. The highest BCUT2D eigenvalue weighted by Gasteiger charge is 2.28. The van der Waals surface area contributed by atoms with Crippen LogP contribution < -0.4 is 0 Å². The van der Waals surface area contributed by atoms with E-state index in [0.29, 0.717) is 0 Å². The first-order chi connectivity index (χ1) is 9.16. The van der Waals surface area contributed by atoms with Gasteiger partial charge in [0.25, 0.3) is 0 Å². The largest absolute Gasteiger partial charge is 0.293 e. The van der Waals surface area contributed by atoms with Gasteiger partial charge in [-0.15, -0.1) is 0 Å². The number of fused-ring (bicyclic) bond motifs is 1. The number of benzene rings is 2. The maximum atomic E-state index is 12.7. The van der Waals surface area contributed by atoms with Gasteiger partial charge < -0.3 is 0 Å². The summed E-state index contributed by atoms with van der Waals surface area (Å²) in [4.78, 5) is 12.7. The number of hydrogen-bond acceptors (Lipinski definition) is 1. The molecule has 0 saturated carbocycles. The number of ketones is 1. The number of Topliss-reactive ketones (excluding diaryl/α,β-unsaturated/α-hetero) is 1. The number of carbonyl (C=O) groups is 1. The molecule has 0 amide bonds. The highest BCUT2D eigenvalue weighted by atomic mass is 16.1. The molecule has 0 fully saturated rings. The van der Waals surface area contributed by atoms with E-state index < -0.39 is 0 Å². The summed E-state index contributed by atoms with van der Waals surface area (Å²) in [5, 5.41) is 0. The average Bonchev–Trinajstić information content (AvgIpc) is 2.85. The van der Waals surface area contributed by atoms with Gasteiger partial charge in [-0.1, -0.05) is 36.4 Å². The number of aryl methyl sites for hydroxylation is 3. The molecule has 2 aromatic rings. The number of hydrogen-bond donors (Lipinski definition) is 0. The van der Waals surface area contributed by atoms with Crippen LogP contribution in [-0.4, -0.2) is 5.78 Å². The van der Waals surface area contributed by atoms with Gasteiger partial charge in [-0.05, 0) is 55.0 Å². The van der Waals surface area contributed by atoms with Crippen molar-refractivity contribution in [2.45, 2.75) is 32.6 Å². The Balaban J connectivity index is 1.95. The van der Waals surface area contributed by atoms with Crippen molar-refractivity contribution in [3.05, 3.63) is 70.3 Å². The molecule has 0 bridgehead atoms. The van der Waals surface area contributed by atoms with Crippen molar-refractivity contribution >= 4 is 5.78 Å². The van der Waals surface area contributed by atoms with Crippen LogP contribution in [0.2, 0.25) is 0 Å². The third-order valence-electron chi connectivity index (χ3n) is 4.24. The Morgan fingerprint density at radius 1 is 1.05 bits per heavy atom. The van der Waals surface area contributed by atoms with Gasteiger partial charge in [0, 0.05) is 11.5 Å². The third-order valence-corrected chi connectivity index (χ3v) is 4.24. The van der Waals surface area contributed by atoms with Gasteiger partial charge in [0.1, 0.15) is 0 Å². The van der Waals surface area contributed by atoms with Gasteiger partial charge in [-0.25, -0.2) is 0 Å². The minimum atomic E-state index is 0.0540. The quantitative estimate of drug-likeness (QED) is 0.729. The Labute approximate surface area is 114 Å². The molecule has 0 heterocycles. The maximum absolute atomic E-state index is 12.7. The molecule has 0 spiro atoms. The van der Waals surface area contributed by atoms with Crippen molar-refractivity contribution < 1.29 is 4.79 Å². The molecule has 3 rings (SSSR count). The second-order valence-corrected chi connectivity index (χ2v) is 5.45. The van der Waals surface area contributed by atoms with E-state index in [4.69, 9.17) is 0 Å². The minimum absolute atomic E-state index is 0.0540. The smallest absolute Gasteiger partial charge is 0.170 e. The minimum Gasteiger partial charge on any atom is -0.293 e. The lowest BCUT2D eigenvalue weighted by Crippen LogP contribution is -2.10. The van der Waals surface area contributed by atoms with Crippen LogP contribution in [-0.2, 0) is 6.42 Å². The summed E-state index contributed by atoms with van der Waals surface area (Å²) in [5.74, 6) is 0.325. The Morgan fingerprint density at radius 3 is 2.63 bits per heavy atom. The molecule has 1 nitrogen and oxygen atoms in total. The Morgan fingerprint density at radius 2 is 1.84 bits per heavy atom. The van der Waals surface area contributed by atoms with Gasteiger partial charge in [0.15, 0.2) is 5.78 Å². The van der Waals surface area contributed by atoms with Gasteiger partial charge in [0.2, 0.25) is 0 Å². The monoisotopic (exact) mass is 250 g/mol. The predicted molar refractivity (Wildman–Crippen MR) is 77.8 cm³/mol. The van der Waals surface area contributed by atoms with Crippen LogP contribution in [0.1, 0.15) is 45.0 Å². The average molecular weight is 250 g/mol. The van der Waals surface area contributed by atoms with Crippen LogP contribution in [0.5, 0.6) is 0 Å². The van der Waals surface area contributed by atoms with E-state index in [9.17, 15) is 4.79 Å². The summed E-state index contributed by atoms with van der Waals surface area (Å²) in [6, 6.07) is 14.4. The van der Waals surface area contributed by atoms with Crippen LogP contribution in [0.3, 0.4) is 0 Å². The van der Waals surface area contributed by atoms with Crippen molar-refractivity contribution in [1.82, 2.24) is 0 Å². The van der Waals surface area contributed by atoms with Crippen molar-refractivity contribution in [2.24, 2.45) is 0 Å². The SMILES string of the molecule is Cc1ccc(C(=O)C2CCc3ccccc32)cc1C. The fourth-order valence-corrected chi connectivity index (χ4v) is 2.93. The topological polar surface area (TPSA) is 17.1 Å². The third kappa shape index (κ3) is 2.10. The molecule has 0 N–H and O–H groups in total. The molecule has 0 aromatic heterocycles. The first kappa shape index (κ1) is 12.2. The van der Waals surface area contributed by atoms with Gasteiger partial charge in [0.05, 0.1) is 0 Å². The fourth-order valence-electron chi connectivity index (χ4n) is 2.93. The van der Waals surface area contributed by atoms with Crippen LogP contribution in [0, 0.1) is 13.8 Å². The van der Waals surface area contributed by atoms with E-state index in [1.165, 1.54) is 22.3 Å². The first-order valence-corrected chi connectivity index (χ1v) is 6.86. The number of carbonyl (C=O) groups excluding carboxylic acids is 1. The van der Waals surface area contributed by atoms with E-state index in [1.54, 1.807) is 0 Å². The first-order valence-electron chi connectivity index (χ1n) is 6.86. The van der Waals surface area contributed by atoms with Crippen LogP contribution >= 0.6 is 0 Å². The zero-order chi connectivity index (χ0) is 13.4. The molecule has 0 radical (unpaired) electrons. The normalized spacial score (nSPS) is 17.3. The Hall–Kier alpha value is -1.89. The summed E-state index contributed by atoms with van der Waals surface area (Å²) >= 11 is 0. The van der Waals surface area contributed by atoms with E-state index in [0.717, 1.165) is 18.4 Å². The molecule has 96 valence electrons. The maximum Gasteiger partial charge on any atom is 0.170 e.